The Bertz CT molecular complexity index is 539. The van der Waals surface area contributed by atoms with Crippen molar-refractivity contribution in [3.8, 4) is 0 Å². The zero-order valence-electron chi connectivity index (χ0n) is 13.8. The van der Waals surface area contributed by atoms with Gasteiger partial charge in [-0.3, -0.25) is 9.28 Å². The van der Waals surface area contributed by atoms with Gasteiger partial charge in [0.05, 0.1) is 54.3 Å². The molecule has 5 heteroatoms. The van der Waals surface area contributed by atoms with Crippen LogP contribution in [0, 0.1) is 0 Å². The fourth-order valence-corrected chi connectivity index (χ4v) is 2.27. The molecule has 0 spiro atoms. The molecule has 116 valence electrons. The van der Waals surface area contributed by atoms with Crippen LogP contribution >= 0.6 is 0 Å². The number of quaternary nitrogens is 2. The van der Waals surface area contributed by atoms with Gasteiger partial charge in [0.2, 0.25) is 0 Å². The van der Waals surface area contributed by atoms with Crippen molar-refractivity contribution in [3.05, 3.63) is 29.8 Å². The molecule has 0 heterocycles. The summed E-state index contributed by atoms with van der Waals surface area (Å²) in [5, 5.41) is 9.36. The van der Waals surface area contributed by atoms with Gasteiger partial charge in [-0.05, 0) is 12.1 Å². The van der Waals surface area contributed by atoms with E-state index in [4.69, 9.17) is 0 Å². The first kappa shape index (κ1) is 17.3. The summed E-state index contributed by atoms with van der Waals surface area (Å²) >= 11 is 0. The maximum Gasteiger partial charge on any atom is 0.363 e. The Morgan fingerprint density at radius 2 is 1.57 bits per heavy atom. The molecular weight excluding hydrogens is 268 g/mol. The van der Waals surface area contributed by atoms with Gasteiger partial charge in [-0.1, -0.05) is 12.1 Å². The lowest BCUT2D eigenvalue weighted by Gasteiger charge is -2.31. The molecule has 0 aliphatic rings. The van der Waals surface area contributed by atoms with E-state index in [9.17, 15) is 14.7 Å². The number of carboxylic acid groups (broad SMARTS) is 1. The number of likely N-dealkylation sites (N-methyl/N-ethyl adjacent to an activating group) is 1. The molecule has 0 aromatic heterocycles. The van der Waals surface area contributed by atoms with Crippen LogP contribution in [0.2, 0.25) is 0 Å². The molecule has 1 rings (SSSR count). The van der Waals surface area contributed by atoms with Gasteiger partial charge in [0.25, 0.3) is 0 Å². The highest BCUT2D eigenvalue weighted by Crippen LogP contribution is 2.25. The van der Waals surface area contributed by atoms with Gasteiger partial charge in [0.15, 0.2) is 11.8 Å². The van der Waals surface area contributed by atoms with Crippen molar-refractivity contribution in [2.24, 2.45) is 0 Å². The van der Waals surface area contributed by atoms with E-state index in [-0.39, 0.29) is 16.7 Å². The molecule has 1 aromatic rings. The quantitative estimate of drug-likeness (QED) is 0.641. The summed E-state index contributed by atoms with van der Waals surface area (Å²) in [5.74, 6) is -1.07. The second-order valence-corrected chi connectivity index (χ2v) is 7.13. The second kappa shape index (κ2) is 5.95. The Balaban J connectivity index is 3.13. The van der Waals surface area contributed by atoms with Crippen molar-refractivity contribution < 1.29 is 19.2 Å². The Labute approximate surface area is 126 Å². The van der Waals surface area contributed by atoms with Crippen LogP contribution < -0.4 is 4.48 Å². The van der Waals surface area contributed by atoms with Crippen molar-refractivity contribution in [1.82, 2.24) is 4.48 Å². The molecule has 0 saturated heterocycles. The molecule has 1 atom stereocenters. The summed E-state index contributed by atoms with van der Waals surface area (Å²) in [6.45, 7) is 0. The van der Waals surface area contributed by atoms with Crippen molar-refractivity contribution in [1.29, 1.82) is 0 Å². The largest absolute Gasteiger partial charge is 0.477 e. The Kier molecular flexibility index (Phi) is 4.91. The molecule has 0 radical (unpaired) electrons. The molecule has 0 aliphatic heterocycles. The number of carboxylic acids is 1. The number of benzene rings is 1. The number of aliphatic carboxylic acids is 1. The summed E-state index contributed by atoms with van der Waals surface area (Å²) < 4.78 is 0.734. The van der Waals surface area contributed by atoms with E-state index in [1.807, 2.05) is 39.3 Å². The van der Waals surface area contributed by atoms with Crippen LogP contribution in [0.15, 0.2) is 24.3 Å². The fraction of sp³-hybridized carbons (Fsp3) is 0.500. The highest BCUT2D eigenvalue weighted by molar-refractivity contribution is 6.02. The number of ketones is 1. The van der Waals surface area contributed by atoms with Crippen LogP contribution in [0.5, 0.6) is 0 Å². The number of Topliss-reactive ketones (excluding diaryl/α,β-unsaturated/α-hetero) is 1. The minimum Gasteiger partial charge on any atom is -0.477 e. The van der Waals surface area contributed by atoms with Gasteiger partial charge in [0, 0.05) is 0 Å². The Morgan fingerprint density at radius 3 is 2.00 bits per heavy atom. The number of nitrogens with zero attached hydrogens (tertiary/aromatic N) is 2. The van der Waals surface area contributed by atoms with Crippen LogP contribution in [0.4, 0.5) is 5.69 Å². The number of hydrogen-bond donors (Lipinski definition) is 1. The lowest BCUT2D eigenvalue weighted by molar-refractivity contribution is -0.886. The average Bonchev–Trinajstić information content (AvgIpc) is 2.32. The average molecular weight is 294 g/mol. The minimum atomic E-state index is -0.946. The highest BCUT2D eigenvalue weighted by Gasteiger charge is 2.35. The molecule has 0 bridgehead atoms. The molecule has 0 amide bonds. The highest BCUT2D eigenvalue weighted by atomic mass is 16.4. The molecule has 0 fully saturated rings. The van der Waals surface area contributed by atoms with Gasteiger partial charge in [-0.25, -0.2) is 4.79 Å². The first-order valence-electron chi connectivity index (χ1n) is 6.92. The topological polar surface area (TPSA) is 54.4 Å². The summed E-state index contributed by atoms with van der Waals surface area (Å²) in [6, 6.07) is 6.64. The van der Waals surface area contributed by atoms with Gasteiger partial charge in [-0.2, -0.15) is 0 Å². The van der Waals surface area contributed by atoms with Crippen molar-refractivity contribution >= 4 is 17.4 Å². The molecule has 0 saturated carbocycles. The third-order valence-electron chi connectivity index (χ3n) is 3.53. The van der Waals surface area contributed by atoms with E-state index in [1.54, 1.807) is 27.2 Å². The van der Waals surface area contributed by atoms with E-state index in [1.165, 1.54) is 0 Å². The van der Waals surface area contributed by atoms with E-state index in [0.29, 0.717) is 10.0 Å². The van der Waals surface area contributed by atoms with Gasteiger partial charge in [-0.15, -0.1) is 0 Å². The third-order valence-corrected chi connectivity index (χ3v) is 3.53. The molecule has 1 aromatic carbocycles. The zero-order chi connectivity index (χ0) is 16.4. The minimum absolute atomic E-state index is 0.00412. The van der Waals surface area contributed by atoms with Gasteiger partial charge >= 0.3 is 5.97 Å². The van der Waals surface area contributed by atoms with E-state index >= 15 is 0 Å². The van der Waals surface area contributed by atoms with E-state index in [2.05, 4.69) is 0 Å². The molecule has 5 nitrogen and oxygen atoms in total. The smallest absolute Gasteiger partial charge is 0.363 e. The lowest BCUT2D eigenvalue weighted by atomic mass is 9.99. The van der Waals surface area contributed by atoms with Crippen LogP contribution in [-0.2, 0) is 4.79 Å². The summed E-state index contributed by atoms with van der Waals surface area (Å²) in [5.41, 5.74) is 1.50. The number of para-hydroxylation sites is 1. The lowest BCUT2D eigenvalue weighted by Crippen LogP contribution is -2.50. The summed E-state index contributed by atoms with van der Waals surface area (Å²) in [4.78, 5) is 24.0. The number of hydrogen-bond acceptors (Lipinski definition) is 2. The molecule has 0 aliphatic carbocycles. The number of carbonyl (C=O) groups excluding carboxylic acids is 1. The predicted molar refractivity (Wildman–Crippen MR) is 84.4 cm³/mol. The van der Waals surface area contributed by atoms with Crippen LogP contribution in [0.25, 0.3) is 0 Å². The van der Waals surface area contributed by atoms with Crippen molar-refractivity contribution in [2.75, 3.05) is 42.3 Å². The van der Waals surface area contributed by atoms with E-state index < -0.39 is 12.0 Å². The SMILES string of the molecule is C[N+](C)(C)c1ccccc1C(=O)CC(C(=O)O)[N+](C)(C)C. The Morgan fingerprint density at radius 1 is 1.05 bits per heavy atom. The summed E-state index contributed by atoms with van der Waals surface area (Å²) in [6.07, 6.45) is -0.00412. The zero-order valence-corrected chi connectivity index (χ0v) is 13.8. The normalized spacial score (nSPS) is 13.8. The standard InChI is InChI=1S/C16H25N2O3/c1-17(2,3)13-10-8-7-9-12(13)15(19)11-14(16(20)21)18(4,5)6/h7-10,14H,11H2,1-6H3/q+1/p+1. The molecule has 21 heavy (non-hydrogen) atoms. The van der Waals surface area contributed by atoms with Crippen LogP contribution in [0.3, 0.4) is 0 Å². The van der Waals surface area contributed by atoms with Crippen LogP contribution in [0.1, 0.15) is 16.8 Å². The first-order valence-corrected chi connectivity index (χ1v) is 6.92. The maximum atomic E-state index is 12.6. The van der Waals surface area contributed by atoms with Crippen molar-refractivity contribution in [3.63, 3.8) is 0 Å². The molecule has 1 N–H and O–H groups in total. The van der Waals surface area contributed by atoms with E-state index in [0.717, 1.165) is 5.69 Å². The summed E-state index contributed by atoms with van der Waals surface area (Å²) in [7, 11) is 11.3. The Hall–Kier alpha value is -1.72. The molecular formula is C16H26N2O3+2. The van der Waals surface area contributed by atoms with Crippen LogP contribution in [-0.4, -0.2) is 69.7 Å². The van der Waals surface area contributed by atoms with Crippen molar-refractivity contribution in [2.45, 2.75) is 12.5 Å². The van der Waals surface area contributed by atoms with Gasteiger partial charge in [0.1, 0.15) is 5.69 Å². The monoisotopic (exact) mass is 294 g/mol. The third kappa shape index (κ3) is 4.37. The maximum absolute atomic E-state index is 12.6. The second-order valence-electron chi connectivity index (χ2n) is 7.13. The fourth-order valence-electron chi connectivity index (χ4n) is 2.27. The number of rotatable bonds is 6. The molecule has 1 unspecified atom stereocenters. The predicted octanol–water partition coefficient (Wildman–Crippen LogP) is 1.62. The van der Waals surface area contributed by atoms with Gasteiger partial charge < -0.3 is 9.59 Å². The first-order chi connectivity index (χ1) is 9.44. The number of carbonyl (C=O) groups is 2.